The molecule has 0 spiro atoms. The highest BCUT2D eigenvalue weighted by atomic mass is 32.1. The van der Waals surface area contributed by atoms with E-state index in [1.54, 1.807) is 18.3 Å². The van der Waals surface area contributed by atoms with E-state index in [1.807, 2.05) is 25.3 Å². The van der Waals surface area contributed by atoms with Crippen LogP contribution in [0, 0.1) is 6.92 Å². The summed E-state index contributed by atoms with van der Waals surface area (Å²) in [6.45, 7) is 4.05. The number of nitrogens with zero attached hydrogens (tertiary/aromatic N) is 4. The fourth-order valence-electron chi connectivity index (χ4n) is 2.92. The summed E-state index contributed by atoms with van der Waals surface area (Å²) in [5.74, 6) is -1.06. The smallest absolute Gasteiger partial charge is 0.267 e. The number of anilines is 1. The first-order valence-electron chi connectivity index (χ1n) is 8.40. The molecule has 0 fully saturated rings. The van der Waals surface area contributed by atoms with E-state index in [-0.39, 0.29) is 16.4 Å². The monoisotopic (exact) mass is 413 g/mol. The Bertz CT molecular complexity index is 1240. The molecule has 0 aliphatic rings. The maximum Gasteiger partial charge on any atom is 0.267 e. The molecular weight excluding hydrogens is 398 g/mol. The Hall–Kier alpha value is -3.11. The van der Waals surface area contributed by atoms with Gasteiger partial charge in [-0.3, -0.25) is 14.9 Å². The third-order valence-electron chi connectivity index (χ3n) is 4.20. The molecule has 2 N–H and O–H groups in total. The molecular formula is C18H15N5O3S2. The molecule has 0 atom stereocenters. The van der Waals surface area contributed by atoms with Crippen LogP contribution in [-0.4, -0.2) is 30.8 Å². The summed E-state index contributed by atoms with van der Waals surface area (Å²) in [6, 6.07) is 5.37. The fourth-order valence-corrected chi connectivity index (χ4v) is 4.34. The van der Waals surface area contributed by atoms with E-state index in [4.69, 9.17) is 0 Å². The first kappa shape index (κ1) is 18.3. The average molecular weight is 413 g/mol. The number of hydrogen-bond acceptors (Lipinski definition) is 8. The predicted molar refractivity (Wildman–Crippen MR) is 109 cm³/mol. The molecule has 10 heteroatoms. The first-order valence-corrected chi connectivity index (χ1v) is 10.1. The summed E-state index contributed by atoms with van der Waals surface area (Å²) in [6.07, 6.45) is 1.65. The quantitative estimate of drug-likeness (QED) is 0.531. The average Bonchev–Trinajstić information content (AvgIpc) is 3.34. The van der Waals surface area contributed by atoms with Gasteiger partial charge in [-0.1, -0.05) is 23.0 Å². The van der Waals surface area contributed by atoms with E-state index in [1.165, 1.54) is 15.9 Å². The summed E-state index contributed by atoms with van der Waals surface area (Å²) in [5, 5.41) is 24.9. The molecule has 0 aliphatic heterocycles. The molecule has 0 bridgehead atoms. The lowest BCUT2D eigenvalue weighted by Gasteiger charge is -2.13. The van der Waals surface area contributed by atoms with Crippen molar-refractivity contribution >= 4 is 44.6 Å². The molecule has 8 nitrogen and oxygen atoms in total. The molecule has 3 heterocycles. The van der Waals surface area contributed by atoms with E-state index in [2.05, 4.69) is 20.5 Å². The number of aryl methyl sites for hydroxylation is 2. The van der Waals surface area contributed by atoms with Crippen LogP contribution >= 0.6 is 22.7 Å². The molecule has 4 rings (SSSR count). The van der Waals surface area contributed by atoms with Crippen molar-refractivity contribution in [1.29, 1.82) is 0 Å². The van der Waals surface area contributed by atoms with Gasteiger partial charge in [0.2, 0.25) is 5.13 Å². The molecule has 0 saturated heterocycles. The van der Waals surface area contributed by atoms with Crippen molar-refractivity contribution in [3.05, 3.63) is 51.3 Å². The van der Waals surface area contributed by atoms with Crippen LogP contribution in [0.15, 0.2) is 34.6 Å². The van der Waals surface area contributed by atoms with E-state index in [9.17, 15) is 14.7 Å². The van der Waals surface area contributed by atoms with Gasteiger partial charge in [-0.15, -0.1) is 21.5 Å². The third kappa shape index (κ3) is 3.06. The maximum absolute atomic E-state index is 12.8. The van der Waals surface area contributed by atoms with Crippen LogP contribution in [0.5, 0.6) is 5.75 Å². The Morgan fingerprint density at radius 3 is 2.82 bits per heavy atom. The molecule has 0 saturated carbocycles. The zero-order valence-electron chi connectivity index (χ0n) is 15.0. The highest BCUT2D eigenvalue weighted by Gasteiger charge is 2.23. The number of aromatic hydroxyl groups is 1. The Morgan fingerprint density at radius 1 is 1.29 bits per heavy atom. The number of aromatic nitrogens is 4. The standard InChI is InChI=1S/C18H15N5O3S2/c1-3-23-11-5-4-9(2)8-10(11)13(24)12(17(23)26)14(25)20-18-22-21-16(28-18)15-19-6-7-27-15/h4-8,24H,3H2,1-2H3,(H,20,22,25). The van der Waals surface area contributed by atoms with Gasteiger partial charge in [0.25, 0.3) is 11.5 Å². The van der Waals surface area contributed by atoms with Gasteiger partial charge in [0, 0.05) is 23.5 Å². The minimum Gasteiger partial charge on any atom is -0.506 e. The lowest BCUT2D eigenvalue weighted by molar-refractivity contribution is 0.102. The van der Waals surface area contributed by atoms with Crippen LogP contribution in [0.3, 0.4) is 0 Å². The normalized spacial score (nSPS) is 11.1. The number of carbonyl (C=O) groups is 1. The number of nitrogens with one attached hydrogen (secondary N) is 1. The van der Waals surface area contributed by atoms with Gasteiger partial charge >= 0.3 is 0 Å². The summed E-state index contributed by atoms with van der Waals surface area (Å²) in [5.41, 5.74) is 0.617. The Labute approximate surface area is 167 Å². The van der Waals surface area contributed by atoms with Gasteiger partial charge in [-0.25, -0.2) is 4.98 Å². The number of hydrogen-bond donors (Lipinski definition) is 2. The number of benzene rings is 1. The van der Waals surface area contributed by atoms with Crippen LogP contribution in [0.4, 0.5) is 5.13 Å². The van der Waals surface area contributed by atoms with Crippen LogP contribution in [0.1, 0.15) is 22.8 Å². The molecule has 1 amide bonds. The highest BCUT2D eigenvalue weighted by Crippen LogP contribution is 2.30. The van der Waals surface area contributed by atoms with E-state index in [0.717, 1.165) is 16.9 Å². The first-order chi connectivity index (χ1) is 13.5. The fraction of sp³-hybridized carbons (Fsp3) is 0.167. The second-order valence-electron chi connectivity index (χ2n) is 6.00. The topological polar surface area (TPSA) is 110 Å². The van der Waals surface area contributed by atoms with Gasteiger partial charge in [0.1, 0.15) is 11.3 Å². The zero-order chi connectivity index (χ0) is 19.8. The van der Waals surface area contributed by atoms with Crippen molar-refractivity contribution in [2.75, 3.05) is 5.32 Å². The zero-order valence-corrected chi connectivity index (χ0v) is 16.6. The van der Waals surface area contributed by atoms with E-state index < -0.39 is 11.5 Å². The van der Waals surface area contributed by atoms with Crippen molar-refractivity contribution in [1.82, 2.24) is 19.7 Å². The molecule has 3 aromatic heterocycles. The van der Waals surface area contributed by atoms with Crippen molar-refractivity contribution in [3.8, 4) is 15.8 Å². The Kier molecular flexibility index (Phi) is 4.65. The lowest BCUT2D eigenvalue weighted by Crippen LogP contribution is -2.29. The number of amides is 1. The largest absolute Gasteiger partial charge is 0.506 e. The summed E-state index contributed by atoms with van der Waals surface area (Å²) >= 11 is 2.55. The van der Waals surface area contributed by atoms with E-state index in [0.29, 0.717) is 27.5 Å². The number of thiazole rings is 1. The van der Waals surface area contributed by atoms with Crippen LogP contribution in [-0.2, 0) is 6.54 Å². The summed E-state index contributed by atoms with van der Waals surface area (Å²) < 4.78 is 1.46. The minimum absolute atomic E-state index is 0.224. The summed E-state index contributed by atoms with van der Waals surface area (Å²) in [4.78, 5) is 29.8. The van der Waals surface area contributed by atoms with Gasteiger partial charge < -0.3 is 9.67 Å². The van der Waals surface area contributed by atoms with Gasteiger partial charge in [-0.2, -0.15) is 0 Å². The molecule has 4 aromatic rings. The van der Waals surface area contributed by atoms with Crippen LogP contribution < -0.4 is 10.9 Å². The minimum atomic E-state index is -0.727. The van der Waals surface area contributed by atoms with Crippen molar-refractivity contribution < 1.29 is 9.90 Å². The Balaban J connectivity index is 1.76. The number of carbonyl (C=O) groups excluding carboxylic acids is 1. The Morgan fingerprint density at radius 2 is 2.11 bits per heavy atom. The SMILES string of the molecule is CCn1c(=O)c(C(=O)Nc2nnc(-c3nccs3)s2)c(O)c2cc(C)ccc21. The van der Waals surface area contributed by atoms with Gasteiger partial charge in [0.15, 0.2) is 10.0 Å². The number of pyridine rings is 1. The van der Waals surface area contributed by atoms with Gasteiger partial charge in [-0.05, 0) is 26.0 Å². The van der Waals surface area contributed by atoms with Gasteiger partial charge in [0.05, 0.1) is 5.52 Å². The summed E-state index contributed by atoms with van der Waals surface area (Å²) in [7, 11) is 0. The molecule has 28 heavy (non-hydrogen) atoms. The van der Waals surface area contributed by atoms with Crippen LogP contribution in [0.2, 0.25) is 0 Å². The molecule has 0 aliphatic carbocycles. The molecule has 0 unspecified atom stereocenters. The maximum atomic E-state index is 12.8. The number of rotatable bonds is 4. The third-order valence-corrected chi connectivity index (χ3v) is 5.95. The van der Waals surface area contributed by atoms with Crippen molar-refractivity contribution in [3.63, 3.8) is 0 Å². The second kappa shape index (κ2) is 7.13. The van der Waals surface area contributed by atoms with Crippen molar-refractivity contribution in [2.45, 2.75) is 20.4 Å². The van der Waals surface area contributed by atoms with Crippen LogP contribution in [0.25, 0.3) is 20.9 Å². The molecule has 142 valence electrons. The lowest BCUT2D eigenvalue weighted by atomic mass is 10.1. The van der Waals surface area contributed by atoms with E-state index >= 15 is 0 Å². The second-order valence-corrected chi connectivity index (χ2v) is 7.87. The predicted octanol–water partition coefficient (Wildman–Crippen LogP) is 3.26. The number of fused-ring (bicyclic) bond motifs is 1. The molecule has 0 radical (unpaired) electrons. The van der Waals surface area contributed by atoms with Crippen molar-refractivity contribution in [2.24, 2.45) is 0 Å². The highest BCUT2D eigenvalue weighted by molar-refractivity contribution is 7.22. The molecule has 1 aromatic carbocycles.